The van der Waals surface area contributed by atoms with Crippen LogP contribution in [0.1, 0.15) is 38.6 Å². The van der Waals surface area contributed by atoms with Crippen LogP contribution in [0.25, 0.3) is 0 Å². The topological polar surface area (TPSA) is 44.1 Å². The number of methoxy groups -OCH3 is 1. The third-order valence-electron chi connectivity index (χ3n) is 3.56. The minimum Gasteiger partial charge on any atom is -0.493 e. The molecule has 0 fully saturated rings. The summed E-state index contributed by atoms with van der Waals surface area (Å²) in [6.45, 7) is 0. The maximum Gasteiger partial charge on any atom is 0.224 e. The Kier molecular flexibility index (Phi) is 3.14. The number of carbonyl (C=O) groups excluding carboxylic acids is 1. The van der Waals surface area contributed by atoms with Gasteiger partial charge in [-0.1, -0.05) is 0 Å². The van der Waals surface area contributed by atoms with Gasteiger partial charge >= 0.3 is 0 Å². The predicted octanol–water partition coefficient (Wildman–Crippen LogP) is 2.60. The van der Waals surface area contributed by atoms with Crippen LogP contribution < -0.4 is 4.74 Å². The quantitative estimate of drug-likeness (QED) is 0.809. The van der Waals surface area contributed by atoms with Crippen LogP contribution in [0, 0.1) is 0 Å². The molecule has 3 rings (SSSR count). The second-order valence-electron chi connectivity index (χ2n) is 4.78. The van der Waals surface area contributed by atoms with Gasteiger partial charge in [-0.2, -0.15) is 5.10 Å². The lowest BCUT2D eigenvalue weighted by atomic mass is 9.99. The van der Waals surface area contributed by atoms with Crippen molar-refractivity contribution in [2.75, 3.05) is 7.11 Å². The summed E-state index contributed by atoms with van der Waals surface area (Å²) in [7, 11) is 3.33. The van der Waals surface area contributed by atoms with Gasteiger partial charge in [0.05, 0.1) is 18.2 Å². The minimum atomic E-state index is 0.0104. The van der Waals surface area contributed by atoms with Crippen molar-refractivity contribution >= 4 is 17.1 Å². The summed E-state index contributed by atoms with van der Waals surface area (Å²) in [5, 5.41) is 4.09. The zero-order valence-electron chi connectivity index (χ0n) is 11.1. The highest BCUT2D eigenvalue weighted by molar-refractivity contribution is 7.14. The molecule has 19 heavy (non-hydrogen) atoms. The van der Waals surface area contributed by atoms with E-state index in [0.717, 1.165) is 17.7 Å². The predicted molar refractivity (Wildman–Crippen MR) is 74.2 cm³/mol. The Balaban J connectivity index is 1.99. The number of hydrogen-bond acceptors (Lipinski definition) is 4. The molecule has 0 radical (unpaired) electrons. The zero-order valence-corrected chi connectivity index (χ0v) is 11.9. The van der Waals surface area contributed by atoms with Crippen LogP contribution in [0.15, 0.2) is 12.3 Å². The van der Waals surface area contributed by atoms with E-state index in [2.05, 4.69) is 5.10 Å². The fourth-order valence-corrected chi connectivity index (χ4v) is 3.74. The smallest absolute Gasteiger partial charge is 0.224 e. The van der Waals surface area contributed by atoms with E-state index >= 15 is 0 Å². The molecule has 0 saturated heterocycles. The van der Waals surface area contributed by atoms with Gasteiger partial charge in [0.25, 0.3) is 0 Å². The Labute approximate surface area is 116 Å². The van der Waals surface area contributed by atoms with E-state index in [4.69, 9.17) is 4.74 Å². The Morgan fingerprint density at radius 3 is 2.95 bits per heavy atom. The highest BCUT2D eigenvalue weighted by Crippen LogP contribution is 2.32. The van der Waals surface area contributed by atoms with Crippen molar-refractivity contribution < 1.29 is 9.53 Å². The first-order valence-corrected chi connectivity index (χ1v) is 7.24. The molecular formula is C14H16N2O2S. The number of hydrogen-bond donors (Lipinski definition) is 0. The molecule has 0 bridgehead atoms. The molecule has 0 amide bonds. The Morgan fingerprint density at radius 2 is 2.21 bits per heavy atom. The van der Waals surface area contributed by atoms with Gasteiger partial charge in [-0.3, -0.25) is 9.48 Å². The number of ether oxygens (including phenoxy) is 1. The zero-order chi connectivity index (χ0) is 13.4. The van der Waals surface area contributed by atoms with Crippen LogP contribution in [-0.4, -0.2) is 22.7 Å². The average Bonchev–Trinajstić information content (AvgIpc) is 3.01. The third kappa shape index (κ3) is 2.08. The molecule has 0 unspecified atom stereocenters. The molecule has 0 atom stereocenters. The Bertz CT molecular complexity index is 604. The van der Waals surface area contributed by atoms with Gasteiger partial charge in [-0.05, 0) is 37.3 Å². The van der Waals surface area contributed by atoms with Crippen molar-refractivity contribution in [3.8, 4) is 5.75 Å². The molecule has 4 nitrogen and oxygen atoms in total. The van der Waals surface area contributed by atoms with Crippen LogP contribution in [0.4, 0.5) is 0 Å². The summed E-state index contributed by atoms with van der Waals surface area (Å²) in [5.41, 5.74) is 1.88. The average molecular weight is 276 g/mol. The van der Waals surface area contributed by atoms with Gasteiger partial charge in [0.2, 0.25) is 5.78 Å². The summed E-state index contributed by atoms with van der Waals surface area (Å²) in [6.07, 6.45) is 6.25. The first-order chi connectivity index (χ1) is 9.20. The highest BCUT2D eigenvalue weighted by atomic mass is 32.1. The van der Waals surface area contributed by atoms with Gasteiger partial charge in [0, 0.05) is 11.9 Å². The number of aromatic nitrogens is 2. The van der Waals surface area contributed by atoms with Crippen LogP contribution in [-0.2, 0) is 19.9 Å². The van der Waals surface area contributed by atoms with Crippen molar-refractivity contribution in [3.63, 3.8) is 0 Å². The minimum absolute atomic E-state index is 0.0104. The number of nitrogens with zero attached hydrogens (tertiary/aromatic N) is 2. The molecule has 2 aromatic rings. The van der Waals surface area contributed by atoms with Crippen molar-refractivity contribution in [3.05, 3.63) is 33.3 Å². The van der Waals surface area contributed by atoms with Gasteiger partial charge in [-0.15, -0.1) is 11.3 Å². The molecule has 2 heterocycles. The molecule has 100 valence electrons. The molecule has 0 N–H and O–H groups in total. The SMILES string of the molecule is COc1cnn(C)c1C(=O)c1cc2c(s1)CCCC2. The molecule has 0 spiro atoms. The summed E-state index contributed by atoms with van der Waals surface area (Å²) < 4.78 is 6.79. The Hall–Kier alpha value is -1.62. The van der Waals surface area contributed by atoms with Gasteiger partial charge < -0.3 is 4.74 Å². The largest absolute Gasteiger partial charge is 0.493 e. The molecular weight excluding hydrogens is 260 g/mol. The third-order valence-corrected chi connectivity index (χ3v) is 4.80. The first-order valence-electron chi connectivity index (χ1n) is 6.43. The van der Waals surface area contributed by atoms with Crippen LogP contribution in [0.5, 0.6) is 5.75 Å². The lowest BCUT2D eigenvalue weighted by molar-refractivity contribution is 0.103. The summed E-state index contributed by atoms with van der Waals surface area (Å²) in [5.74, 6) is 0.551. The summed E-state index contributed by atoms with van der Waals surface area (Å²) in [4.78, 5) is 14.8. The van der Waals surface area contributed by atoms with Crippen molar-refractivity contribution in [2.45, 2.75) is 25.7 Å². The highest BCUT2D eigenvalue weighted by Gasteiger charge is 2.23. The van der Waals surface area contributed by atoms with Crippen molar-refractivity contribution in [1.82, 2.24) is 9.78 Å². The van der Waals surface area contributed by atoms with E-state index in [1.54, 1.807) is 36.4 Å². The molecule has 1 aliphatic rings. The normalized spacial score (nSPS) is 14.2. The molecule has 0 aliphatic heterocycles. The van der Waals surface area contributed by atoms with Crippen LogP contribution in [0.3, 0.4) is 0 Å². The van der Waals surface area contributed by atoms with Crippen LogP contribution >= 0.6 is 11.3 Å². The number of thiophene rings is 1. The Morgan fingerprint density at radius 1 is 1.42 bits per heavy atom. The molecule has 0 saturated carbocycles. The van der Waals surface area contributed by atoms with E-state index in [1.165, 1.54) is 23.3 Å². The number of rotatable bonds is 3. The maximum atomic E-state index is 12.6. The van der Waals surface area contributed by atoms with E-state index in [9.17, 15) is 4.79 Å². The van der Waals surface area contributed by atoms with E-state index in [1.807, 2.05) is 6.07 Å². The number of aryl methyl sites for hydroxylation is 3. The van der Waals surface area contributed by atoms with Crippen molar-refractivity contribution in [1.29, 1.82) is 0 Å². The molecule has 0 aromatic carbocycles. The van der Waals surface area contributed by atoms with E-state index in [-0.39, 0.29) is 5.78 Å². The van der Waals surface area contributed by atoms with Gasteiger partial charge in [0.1, 0.15) is 0 Å². The summed E-state index contributed by atoms with van der Waals surface area (Å²) in [6, 6.07) is 2.05. The second kappa shape index (κ2) is 4.81. The molecule has 2 aromatic heterocycles. The van der Waals surface area contributed by atoms with Gasteiger partial charge in [0.15, 0.2) is 11.4 Å². The molecule has 1 aliphatic carbocycles. The fourth-order valence-electron chi connectivity index (χ4n) is 2.54. The summed E-state index contributed by atoms with van der Waals surface area (Å²) >= 11 is 1.62. The molecule has 5 heteroatoms. The number of fused-ring (bicyclic) bond motifs is 1. The first kappa shape index (κ1) is 12.4. The van der Waals surface area contributed by atoms with E-state index in [0.29, 0.717) is 11.4 Å². The maximum absolute atomic E-state index is 12.6. The van der Waals surface area contributed by atoms with Crippen molar-refractivity contribution in [2.24, 2.45) is 7.05 Å². The second-order valence-corrected chi connectivity index (χ2v) is 5.92. The lowest BCUT2D eigenvalue weighted by Crippen LogP contribution is -2.08. The lowest BCUT2D eigenvalue weighted by Gasteiger charge is -2.08. The number of ketones is 1. The monoisotopic (exact) mass is 276 g/mol. The standard InChI is InChI=1S/C14H16N2O2S/c1-16-13(10(18-2)8-15-16)14(17)12-7-9-5-3-4-6-11(9)19-12/h7-8H,3-6H2,1-2H3. The van der Waals surface area contributed by atoms with Crippen LogP contribution in [0.2, 0.25) is 0 Å². The van der Waals surface area contributed by atoms with Gasteiger partial charge in [-0.25, -0.2) is 0 Å². The number of carbonyl (C=O) groups is 1. The fraction of sp³-hybridized carbons (Fsp3) is 0.429. The van der Waals surface area contributed by atoms with E-state index < -0.39 is 0 Å².